The van der Waals surface area contributed by atoms with E-state index in [1.807, 2.05) is 11.8 Å². The molecule has 1 fully saturated rings. The van der Waals surface area contributed by atoms with Crippen LogP contribution >= 0.6 is 11.8 Å². The quantitative estimate of drug-likeness (QED) is 0.623. The van der Waals surface area contributed by atoms with Crippen LogP contribution in [0.3, 0.4) is 0 Å². The minimum atomic E-state index is 0.624. The van der Waals surface area contributed by atoms with Crippen molar-refractivity contribution in [1.82, 2.24) is 5.32 Å². The number of unbranched alkanes of at least 4 members (excludes halogenated alkanes) is 2. The second-order valence-electron chi connectivity index (χ2n) is 4.66. The predicted octanol–water partition coefficient (Wildman–Crippen LogP) is 3.44. The summed E-state index contributed by atoms with van der Waals surface area (Å²) in [5, 5.41) is 3.67. The van der Waals surface area contributed by atoms with Crippen molar-refractivity contribution < 1.29 is 0 Å². The van der Waals surface area contributed by atoms with Crippen LogP contribution in [0.2, 0.25) is 0 Å². The van der Waals surface area contributed by atoms with E-state index >= 15 is 0 Å². The fourth-order valence-corrected chi connectivity index (χ4v) is 2.49. The van der Waals surface area contributed by atoms with Gasteiger partial charge in [0, 0.05) is 17.3 Å². The third-order valence-corrected chi connectivity index (χ3v) is 4.67. The van der Waals surface area contributed by atoms with Gasteiger partial charge in [0.15, 0.2) is 0 Å². The molecule has 0 radical (unpaired) electrons. The summed E-state index contributed by atoms with van der Waals surface area (Å²) in [4.78, 5) is 0. The van der Waals surface area contributed by atoms with Gasteiger partial charge in [-0.3, -0.25) is 0 Å². The van der Waals surface area contributed by atoms with Crippen LogP contribution in [0, 0.1) is 0 Å². The second-order valence-corrected chi connectivity index (χ2v) is 5.94. The van der Waals surface area contributed by atoms with Gasteiger partial charge in [-0.25, -0.2) is 0 Å². The molecule has 14 heavy (non-hydrogen) atoms. The monoisotopic (exact) mass is 215 g/mol. The molecule has 0 aromatic carbocycles. The van der Waals surface area contributed by atoms with E-state index in [4.69, 9.17) is 0 Å². The van der Waals surface area contributed by atoms with E-state index in [-0.39, 0.29) is 0 Å². The number of rotatable bonds is 8. The van der Waals surface area contributed by atoms with Gasteiger partial charge in [-0.1, -0.05) is 26.2 Å². The molecule has 0 aromatic rings. The van der Waals surface area contributed by atoms with Gasteiger partial charge in [-0.05, 0) is 32.4 Å². The number of thioether (sulfide) groups is 1. The molecule has 0 heterocycles. The number of nitrogens with one attached hydrogen (secondary N) is 1. The third-order valence-electron chi connectivity index (χ3n) is 3.25. The summed E-state index contributed by atoms with van der Waals surface area (Å²) >= 11 is 2.05. The topological polar surface area (TPSA) is 12.0 Å². The van der Waals surface area contributed by atoms with Crippen LogP contribution in [-0.2, 0) is 0 Å². The van der Waals surface area contributed by atoms with E-state index in [2.05, 4.69) is 25.4 Å². The molecular formula is C12H25NS. The van der Waals surface area contributed by atoms with Crippen LogP contribution in [0.1, 0.15) is 52.4 Å². The summed E-state index contributed by atoms with van der Waals surface area (Å²) in [6.07, 6.45) is 10.5. The Labute approximate surface area is 93.4 Å². The van der Waals surface area contributed by atoms with Crippen LogP contribution < -0.4 is 5.32 Å². The first-order valence-electron chi connectivity index (χ1n) is 6.01. The predicted molar refractivity (Wildman–Crippen MR) is 67.1 cm³/mol. The molecule has 1 aliphatic carbocycles. The molecule has 0 spiro atoms. The largest absolute Gasteiger partial charge is 0.313 e. The fraction of sp³-hybridized carbons (Fsp3) is 1.00. The molecule has 1 rings (SSSR count). The summed E-state index contributed by atoms with van der Waals surface area (Å²) in [7, 11) is 0. The lowest BCUT2D eigenvalue weighted by atomic mass is 10.1. The molecule has 0 amide bonds. The van der Waals surface area contributed by atoms with Crippen molar-refractivity contribution >= 4 is 11.8 Å². The molecule has 1 atom stereocenters. The second kappa shape index (κ2) is 6.02. The van der Waals surface area contributed by atoms with Crippen molar-refractivity contribution in [3.8, 4) is 0 Å². The molecule has 0 bridgehead atoms. The molecule has 84 valence electrons. The zero-order valence-corrected chi connectivity index (χ0v) is 10.8. The summed E-state index contributed by atoms with van der Waals surface area (Å²) in [6.45, 7) is 5.82. The van der Waals surface area contributed by atoms with E-state index < -0.39 is 0 Å². The lowest BCUT2D eigenvalue weighted by molar-refractivity contribution is 0.484. The van der Waals surface area contributed by atoms with E-state index in [9.17, 15) is 0 Å². The zero-order chi connectivity index (χ0) is 10.4. The molecule has 1 unspecified atom stereocenters. The Morgan fingerprint density at radius 3 is 2.57 bits per heavy atom. The summed E-state index contributed by atoms with van der Waals surface area (Å²) in [6, 6.07) is 0.714. The Balaban J connectivity index is 2.00. The Kier molecular flexibility index (Phi) is 5.32. The minimum absolute atomic E-state index is 0.624. The van der Waals surface area contributed by atoms with E-state index in [1.54, 1.807) is 0 Å². The summed E-state index contributed by atoms with van der Waals surface area (Å²) in [5.74, 6) is 0. The van der Waals surface area contributed by atoms with Crippen molar-refractivity contribution in [2.45, 2.75) is 63.2 Å². The highest BCUT2D eigenvalue weighted by Gasteiger charge is 2.41. The minimum Gasteiger partial charge on any atom is -0.313 e. The molecule has 0 aliphatic heterocycles. The molecule has 1 saturated carbocycles. The Morgan fingerprint density at radius 2 is 2.07 bits per heavy atom. The highest BCUT2D eigenvalue weighted by Crippen LogP contribution is 2.46. The lowest BCUT2D eigenvalue weighted by Gasteiger charge is -2.18. The molecular weight excluding hydrogens is 190 g/mol. The van der Waals surface area contributed by atoms with Gasteiger partial charge in [0.2, 0.25) is 0 Å². The first-order chi connectivity index (χ1) is 6.72. The average molecular weight is 215 g/mol. The van der Waals surface area contributed by atoms with Crippen LogP contribution in [0.4, 0.5) is 0 Å². The molecule has 0 saturated heterocycles. The van der Waals surface area contributed by atoms with Crippen molar-refractivity contribution in [1.29, 1.82) is 0 Å². The maximum atomic E-state index is 3.67. The van der Waals surface area contributed by atoms with Crippen LogP contribution in [0.5, 0.6) is 0 Å². The van der Waals surface area contributed by atoms with E-state index in [0.29, 0.717) is 10.8 Å². The fourth-order valence-electron chi connectivity index (χ4n) is 1.76. The maximum Gasteiger partial charge on any atom is 0.0282 e. The summed E-state index contributed by atoms with van der Waals surface area (Å²) < 4.78 is 0.624. The summed E-state index contributed by atoms with van der Waals surface area (Å²) in [5.41, 5.74) is 0. The van der Waals surface area contributed by atoms with Gasteiger partial charge in [0.1, 0.15) is 0 Å². The highest BCUT2D eigenvalue weighted by molar-refractivity contribution is 8.00. The molecule has 1 aliphatic rings. The lowest BCUT2D eigenvalue weighted by Crippen LogP contribution is -2.33. The van der Waals surface area contributed by atoms with Crippen molar-refractivity contribution in [2.24, 2.45) is 0 Å². The van der Waals surface area contributed by atoms with Crippen LogP contribution in [-0.4, -0.2) is 23.6 Å². The first kappa shape index (κ1) is 12.4. The van der Waals surface area contributed by atoms with Crippen molar-refractivity contribution in [2.75, 3.05) is 12.8 Å². The van der Waals surface area contributed by atoms with E-state index in [0.717, 1.165) is 0 Å². The van der Waals surface area contributed by atoms with E-state index in [1.165, 1.54) is 45.1 Å². The highest BCUT2D eigenvalue weighted by atomic mass is 32.2. The molecule has 0 aromatic heterocycles. The normalized spacial score (nSPS) is 20.8. The van der Waals surface area contributed by atoms with Crippen molar-refractivity contribution in [3.05, 3.63) is 0 Å². The van der Waals surface area contributed by atoms with Gasteiger partial charge in [0.25, 0.3) is 0 Å². The van der Waals surface area contributed by atoms with Gasteiger partial charge in [-0.15, -0.1) is 0 Å². The number of hydrogen-bond donors (Lipinski definition) is 1. The van der Waals surface area contributed by atoms with Crippen LogP contribution in [0.25, 0.3) is 0 Å². The molecule has 2 heteroatoms. The van der Waals surface area contributed by atoms with Crippen LogP contribution in [0.15, 0.2) is 0 Å². The SMILES string of the molecule is CCCCCC(C)NCC1(SC)CC1. The Bertz CT molecular complexity index is 154. The van der Waals surface area contributed by atoms with Gasteiger partial charge < -0.3 is 5.32 Å². The molecule has 1 N–H and O–H groups in total. The number of hydrogen-bond acceptors (Lipinski definition) is 2. The standard InChI is InChI=1S/C12H25NS/c1-4-5-6-7-11(2)13-10-12(14-3)8-9-12/h11,13H,4-10H2,1-3H3. The first-order valence-corrected chi connectivity index (χ1v) is 7.23. The van der Waals surface area contributed by atoms with Gasteiger partial charge in [-0.2, -0.15) is 11.8 Å². The van der Waals surface area contributed by atoms with Gasteiger partial charge >= 0.3 is 0 Å². The average Bonchev–Trinajstić information content (AvgIpc) is 2.96. The third kappa shape index (κ3) is 4.22. The Morgan fingerprint density at radius 1 is 1.36 bits per heavy atom. The smallest absolute Gasteiger partial charge is 0.0282 e. The van der Waals surface area contributed by atoms with Gasteiger partial charge in [0.05, 0.1) is 0 Å². The maximum absolute atomic E-state index is 3.67. The molecule has 1 nitrogen and oxygen atoms in total. The van der Waals surface area contributed by atoms with Crippen molar-refractivity contribution in [3.63, 3.8) is 0 Å². The zero-order valence-electron chi connectivity index (χ0n) is 9.94. The Hall–Kier alpha value is 0.310.